The summed E-state index contributed by atoms with van der Waals surface area (Å²) in [5, 5.41) is 3.46. The van der Waals surface area contributed by atoms with Crippen molar-refractivity contribution in [1.82, 2.24) is 5.32 Å². The van der Waals surface area contributed by atoms with E-state index in [1.54, 1.807) is 13.0 Å². The highest BCUT2D eigenvalue weighted by Gasteiger charge is 2.15. The van der Waals surface area contributed by atoms with Crippen LogP contribution in [0.1, 0.15) is 27.4 Å². The number of ether oxygens (including phenoxy) is 1. The number of methoxy groups -OCH3 is 1. The van der Waals surface area contributed by atoms with Gasteiger partial charge in [-0.25, -0.2) is 4.79 Å². The first-order chi connectivity index (χ1) is 11.5. The maximum absolute atomic E-state index is 11.9. The Morgan fingerprint density at radius 1 is 1.29 bits per heavy atom. The van der Waals surface area contributed by atoms with Crippen LogP contribution in [0, 0.1) is 6.92 Å². The molecule has 0 radical (unpaired) electrons. The average Bonchev–Trinajstić information content (AvgIpc) is 2.95. The maximum atomic E-state index is 11.9. The lowest BCUT2D eigenvalue weighted by Gasteiger charge is -2.04. The van der Waals surface area contributed by atoms with Gasteiger partial charge in [0.25, 0.3) is 0 Å². The molecule has 0 aliphatic rings. The first kappa shape index (κ1) is 18.4. The summed E-state index contributed by atoms with van der Waals surface area (Å²) in [6.07, 6.45) is 0. The molecule has 0 unspecified atom stereocenters. The molecule has 0 bridgehead atoms. The number of carbonyl (C=O) groups is 2. The average molecular weight is 368 g/mol. The van der Waals surface area contributed by atoms with Gasteiger partial charge in [0, 0.05) is 10.8 Å². The highest BCUT2D eigenvalue weighted by atomic mass is 35.5. The third-order valence-electron chi connectivity index (χ3n) is 3.25. The van der Waals surface area contributed by atoms with Crippen LogP contribution in [-0.4, -0.2) is 24.7 Å². The quantitative estimate of drug-likeness (QED) is 0.757. The molecule has 1 aromatic carbocycles. The Morgan fingerprint density at radius 2 is 2.00 bits per heavy atom. The number of hydrogen-bond donors (Lipinski definition) is 1. The van der Waals surface area contributed by atoms with Gasteiger partial charge in [-0.3, -0.25) is 4.79 Å². The van der Waals surface area contributed by atoms with Crippen molar-refractivity contribution in [2.24, 2.45) is 0 Å². The summed E-state index contributed by atoms with van der Waals surface area (Å²) in [7, 11) is 1.31. The molecule has 0 fully saturated rings. The Morgan fingerprint density at radius 3 is 2.67 bits per heavy atom. The Balaban J connectivity index is 1.75. The maximum Gasteiger partial charge on any atom is 0.341 e. The first-order valence-electron chi connectivity index (χ1n) is 7.26. The minimum absolute atomic E-state index is 0.0948. The van der Waals surface area contributed by atoms with Crippen molar-refractivity contribution >= 4 is 35.2 Å². The molecule has 0 aliphatic heterocycles. The fourth-order valence-corrected chi connectivity index (χ4v) is 2.97. The van der Waals surface area contributed by atoms with Crippen molar-refractivity contribution in [1.29, 1.82) is 0 Å². The highest BCUT2D eigenvalue weighted by molar-refractivity contribution is 7.99. The van der Waals surface area contributed by atoms with E-state index in [-0.39, 0.29) is 12.5 Å². The standard InChI is InChI=1S/C17H18ClNO4S/c1-11-15(17(21)22-2)7-14(23-11)8-19-16(20)10-24-9-12-3-5-13(18)6-4-12/h3-7H,8-10H2,1-2H3,(H,19,20). The molecule has 1 amide bonds. The largest absolute Gasteiger partial charge is 0.465 e. The van der Waals surface area contributed by atoms with Gasteiger partial charge in [0.05, 0.1) is 19.4 Å². The molecular formula is C17H18ClNO4S. The number of rotatable bonds is 7. The SMILES string of the molecule is COC(=O)c1cc(CNC(=O)CSCc2ccc(Cl)cc2)oc1C. The minimum atomic E-state index is -0.452. The molecule has 0 aliphatic carbocycles. The monoisotopic (exact) mass is 367 g/mol. The predicted molar refractivity (Wildman–Crippen MR) is 94.2 cm³/mol. The second kappa shape index (κ2) is 8.80. The van der Waals surface area contributed by atoms with Crippen molar-refractivity contribution in [3.05, 3.63) is 58.0 Å². The molecule has 7 heteroatoms. The predicted octanol–water partition coefficient (Wildman–Crippen LogP) is 3.58. The van der Waals surface area contributed by atoms with Gasteiger partial charge in [0.1, 0.15) is 17.1 Å². The lowest BCUT2D eigenvalue weighted by Crippen LogP contribution is -2.24. The van der Waals surface area contributed by atoms with Crippen LogP contribution in [0.3, 0.4) is 0 Å². The van der Waals surface area contributed by atoms with Gasteiger partial charge in [-0.05, 0) is 30.7 Å². The van der Waals surface area contributed by atoms with Gasteiger partial charge in [0.2, 0.25) is 5.91 Å². The Bertz CT molecular complexity index is 712. The molecule has 0 saturated carbocycles. The van der Waals surface area contributed by atoms with E-state index in [1.807, 2.05) is 24.3 Å². The smallest absolute Gasteiger partial charge is 0.341 e. The lowest BCUT2D eigenvalue weighted by atomic mass is 10.2. The van der Waals surface area contributed by atoms with E-state index in [1.165, 1.54) is 18.9 Å². The number of halogens is 1. The number of amides is 1. The van der Waals surface area contributed by atoms with Crippen LogP contribution >= 0.6 is 23.4 Å². The van der Waals surface area contributed by atoms with Gasteiger partial charge >= 0.3 is 5.97 Å². The number of benzene rings is 1. The third-order valence-corrected chi connectivity index (χ3v) is 4.50. The number of esters is 1. The number of nitrogens with one attached hydrogen (secondary N) is 1. The number of thioether (sulfide) groups is 1. The van der Waals surface area contributed by atoms with Crippen LogP contribution in [0.25, 0.3) is 0 Å². The van der Waals surface area contributed by atoms with Gasteiger partial charge in [-0.15, -0.1) is 11.8 Å². The molecule has 5 nitrogen and oxygen atoms in total. The van der Waals surface area contributed by atoms with E-state index < -0.39 is 5.97 Å². The molecule has 1 N–H and O–H groups in total. The first-order valence-corrected chi connectivity index (χ1v) is 8.79. The Kier molecular flexibility index (Phi) is 6.75. The summed E-state index contributed by atoms with van der Waals surface area (Å²) >= 11 is 7.34. The molecule has 0 spiro atoms. The highest BCUT2D eigenvalue weighted by Crippen LogP contribution is 2.17. The summed E-state index contributed by atoms with van der Waals surface area (Å²) in [6, 6.07) is 9.12. The molecule has 128 valence electrons. The Hall–Kier alpha value is -1.92. The fraction of sp³-hybridized carbons (Fsp3) is 0.294. The zero-order chi connectivity index (χ0) is 17.5. The van der Waals surface area contributed by atoms with Gasteiger partial charge in [-0.1, -0.05) is 23.7 Å². The third kappa shape index (κ3) is 5.32. The zero-order valence-electron chi connectivity index (χ0n) is 13.4. The molecule has 2 rings (SSSR count). The molecular weight excluding hydrogens is 350 g/mol. The minimum Gasteiger partial charge on any atom is -0.465 e. The van der Waals surface area contributed by atoms with Crippen molar-refractivity contribution in [3.63, 3.8) is 0 Å². The van der Waals surface area contributed by atoms with Crippen LogP contribution in [0.15, 0.2) is 34.7 Å². The second-order valence-electron chi connectivity index (χ2n) is 5.07. The van der Waals surface area contributed by atoms with Gasteiger partial charge in [0.15, 0.2) is 0 Å². The second-order valence-corrected chi connectivity index (χ2v) is 6.49. The van der Waals surface area contributed by atoms with Gasteiger partial charge in [-0.2, -0.15) is 0 Å². The number of furan rings is 1. The fourth-order valence-electron chi connectivity index (χ4n) is 2.02. The van der Waals surface area contributed by atoms with E-state index in [2.05, 4.69) is 10.1 Å². The Labute approximate surface area is 149 Å². The van der Waals surface area contributed by atoms with E-state index >= 15 is 0 Å². The molecule has 24 heavy (non-hydrogen) atoms. The van der Waals surface area contributed by atoms with Gasteiger partial charge < -0.3 is 14.5 Å². The molecule has 0 atom stereocenters. The number of aryl methyl sites for hydroxylation is 1. The molecule has 2 aromatic rings. The van der Waals surface area contributed by atoms with Crippen molar-refractivity contribution in [2.75, 3.05) is 12.9 Å². The van der Waals surface area contributed by atoms with E-state index in [9.17, 15) is 9.59 Å². The summed E-state index contributed by atoms with van der Waals surface area (Å²) < 4.78 is 10.1. The van der Waals surface area contributed by atoms with Crippen LogP contribution < -0.4 is 5.32 Å². The number of hydrogen-bond acceptors (Lipinski definition) is 5. The van der Waals surface area contributed by atoms with Crippen LogP contribution in [0.4, 0.5) is 0 Å². The van der Waals surface area contributed by atoms with Crippen LogP contribution in [0.5, 0.6) is 0 Å². The normalized spacial score (nSPS) is 10.5. The van der Waals surface area contributed by atoms with Crippen LogP contribution in [-0.2, 0) is 21.8 Å². The van der Waals surface area contributed by atoms with Crippen molar-refractivity contribution in [2.45, 2.75) is 19.2 Å². The zero-order valence-corrected chi connectivity index (χ0v) is 15.0. The van der Waals surface area contributed by atoms with Crippen molar-refractivity contribution < 1.29 is 18.7 Å². The summed E-state index contributed by atoms with van der Waals surface area (Å²) in [4.78, 5) is 23.4. The number of carbonyl (C=O) groups excluding carboxylic acids is 2. The van der Waals surface area contributed by atoms with Crippen molar-refractivity contribution in [3.8, 4) is 0 Å². The van der Waals surface area contributed by atoms with E-state index in [0.717, 1.165) is 11.3 Å². The summed E-state index contributed by atoms with van der Waals surface area (Å²) in [5.74, 6) is 1.52. The molecule has 0 saturated heterocycles. The lowest BCUT2D eigenvalue weighted by molar-refractivity contribution is -0.118. The van der Waals surface area contributed by atoms with E-state index in [4.69, 9.17) is 16.0 Å². The summed E-state index contributed by atoms with van der Waals surface area (Å²) in [5.41, 5.74) is 1.49. The summed E-state index contributed by atoms with van der Waals surface area (Å²) in [6.45, 7) is 1.91. The van der Waals surface area contributed by atoms with E-state index in [0.29, 0.717) is 27.9 Å². The molecule has 1 aromatic heterocycles. The topological polar surface area (TPSA) is 68.5 Å². The van der Waals surface area contributed by atoms with Crippen LogP contribution in [0.2, 0.25) is 5.02 Å². The molecule has 1 heterocycles.